The number of halogens is 1. The summed E-state index contributed by atoms with van der Waals surface area (Å²) in [6.07, 6.45) is 2.07. The number of aromatic nitrogens is 2. The van der Waals surface area contributed by atoms with Crippen LogP contribution in [0.5, 0.6) is 5.75 Å². The lowest BCUT2D eigenvalue weighted by Crippen LogP contribution is -2.32. The molecule has 2 atom stereocenters. The van der Waals surface area contributed by atoms with Gasteiger partial charge in [0.2, 0.25) is 5.91 Å². The van der Waals surface area contributed by atoms with E-state index in [-0.39, 0.29) is 24.4 Å². The molecule has 0 unspecified atom stereocenters. The van der Waals surface area contributed by atoms with Crippen LogP contribution in [-0.2, 0) is 4.79 Å². The van der Waals surface area contributed by atoms with Gasteiger partial charge in [-0.25, -0.2) is 0 Å². The predicted octanol–water partition coefficient (Wildman–Crippen LogP) is 6.46. The van der Waals surface area contributed by atoms with Gasteiger partial charge < -0.3 is 24.8 Å². The van der Waals surface area contributed by atoms with Gasteiger partial charge in [-0.1, -0.05) is 35.4 Å². The first-order chi connectivity index (χ1) is 19.3. The molecule has 9 heteroatoms. The fraction of sp³-hybridized carbons (Fsp3) is 0.258. The van der Waals surface area contributed by atoms with Crippen molar-refractivity contribution in [2.24, 2.45) is 0 Å². The third-order valence-electron chi connectivity index (χ3n) is 7.28. The minimum Gasteiger partial charge on any atom is -0.495 e. The second-order valence-electron chi connectivity index (χ2n) is 9.96. The number of ether oxygens (including phenoxy) is 1. The van der Waals surface area contributed by atoms with Crippen molar-refractivity contribution in [1.29, 1.82) is 0 Å². The fourth-order valence-electron chi connectivity index (χ4n) is 5.36. The van der Waals surface area contributed by atoms with Crippen LogP contribution in [0.15, 0.2) is 72.9 Å². The minimum absolute atomic E-state index is 0.0687. The van der Waals surface area contributed by atoms with E-state index in [2.05, 4.69) is 45.0 Å². The number of benzene rings is 2. The van der Waals surface area contributed by atoms with Gasteiger partial charge in [-0.2, -0.15) is 0 Å². The van der Waals surface area contributed by atoms with Crippen LogP contribution in [0.2, 0.25) is 5.02 Å². The molecule has 40 heavy (non-hydrogen) atoms. The first kappa shape index (κ1) is 27.7. The van der Waals surface area contributed by atoms with Crippen molar-refractivity contribution in [2.75, 3.05) is 19.0 Å². The van der Waals surface area contributed by atoms with Crippen LogP contribution in [0.25, 0.3) is 5.69 Å². The molecule has 2 aromatic heterocycles. The standard InChI is InChI=1S/C31H32ClN5O2S/c1-19-8-11-23(12-9-19)34-28(38)14-16-36-30(29(35-31(36)40)25-7-5-6-15-33-25)24-17-20(2)37(21(24)3)26-18-22(32)10-13-27(26)39-4/h5-13,15,17-18,29-30H,14,16H2,1-4H3,(H,34,38)(H,35,40)/t29-,30-/m0/s1. The molecule has 0 bridgehead atoms. The van der Waals surface area contributed by atoms with Crippen LogP contribution >= 0.6 is 23.8 Å². The largest absolute Gasteiger partial charge is 0.495 e. The SMILES string of the molecule is COc1ccc(Cl)cc1-n1c(C)cc([C@H]2[C@H](c3ccccn3)NC(=S)N2CCC(=O)Nc2ccc(C)cc2)c1C. The van der Waals surface area contributed by atoms with Gasteiger partial charge in [-0.05, 0) is 87.1 Å². The van der Waals surface area contributed by atoms with Crippen LogP contribution < -0.4 is 15.4 Å². The summed E-state index contributed by atoms with van der Waals surface area (Å²) in [5.41, 5.74) is 6.81. The Morgan fingerprint density at radius 3 is 2.58 bits per heavy atom. The van der Waals surface area contributed by atoms with Crippen molar-refractivity contribution in [1.82, 2.24) is 19.8 Å². The van der Waals surface area contributed by atoms with Gasteiger partial charge in [0, 0.05) is 41.3 Å². The molecule has 0 radical (unpaired) electrons. The number of anilines is 1. The van der Waals surface area contributed by atoms with E-state index in [0.29, 0.717) is 16.7 Å². The molecular weight excluding hydrogens is 542 g/mol. The van der Waals surface area contributed by atoms with Crippen LogP contribution in [-0.4, -0.2) is 39.1 Å². The summed E-state index contributed by atoms with van der Waals surface area (Å²) in [7, 11) is 1.65. The number of carbonyl (C=O) groups is 1. The van der Waals surface area contributed by atoms with Crippen LogP contribution in [0.3, 0.4) is 0 Å². The van der Waals surface area contributed by atoms with Crippen molar-refractivity contribution in [3.05, 3.63) is 106 Å². The van der Waals surface area contributed by atoms with Crippen molar-refractivity contribution in [2.45, 2.75) is 39.3 Å². The lowest BCUT2D eigenvalue weighted by molar-refractivity contribution is -0.116. The van der Waals surface area contributed by atoms with Crippen molar-refractivity contribution >= 4 is 40.5 Å². The molecule has 2 N–H and O–H groups in total. The summed E-state index contributed by atoms with van der Waals surface area (Å²) in [6.45, 7) is 6.61. The van der Waals surface area contributed by atoms with Gasteiger partial charge in [-0.3, -0.25) is 9.78 Å². The predicted molar refractivity (Wildman–Crippen MR) is 163 cm³/mol. The number of nitrogens with zero attached hydrogens (tertiary/aromatic N) is 3. The highest BCUT2D eigenvalue weighted by Crippen LogP contribution is 2.42. The minimum atomic E-state index is -0.191. The number of hydrogen-bond acceptors (Lipinski definition) is 4. The van der Waals surface area contributed by atoms with E-state index < -0.39 is 0 Å². The normalized spacial score (nSPS) is 16.6. The zero-order chi connectivity index (χ0) is 28.4. The zero-order valence-corrected chi connectivity index (χ0v) is 24.5. The first-order valence-corrected chi connectivity index (χ1v) is 13.9. The van der Waals surface area contributed by atoms with E-state index in [1.54, 1.807) is 13.3 Å². The highest BCUT2D eigenvalue weighted by molar-refractivity contribution is 7.80. The van der Waals surface area contributed by atoms with Gasteiger partial charge in [-0.15, -0.1) is 0 Å². The molecule has 1 aliphatic heterocycles. The number of nitrogens with one attached hydrogen (secondary N) is 2. The van der Waals surface area contributed by atoms with Crippen molar-refractivity contribution in [3.8, 4) is 11.4 Å². The fourth-order valence-corrected chi connectivity index (χ4v) is 5.86. The molecule has 1 aliphatic rings. The molecule has 5 rings (SSSR count). The number of amides is 1. The van der Waals surface area contributed by atoms with E-state index in [1.165, 1.54) is 0 Å². The lowest BCUT2D eigenvalue weighted by atomic mass is 9.96. The van der Waals surface area contributed by atoms with Gasteiger partial charge >= 0.3 is 0 Å². The Morgan fingerprint density at radius 1 is 1.10 bits per heavy atom. The topological polar surface area (TPSA) is 71.4 Å². The second kappa shape index (κ2) is 11.7. The summed E-state index contributed by atoms with van der Waals surface area (Å²) < 4.78 is 7.82. The number of thiocarbonyl (C=S) groups is 1. The smallest absolute Gasteiger partial charge is 0.226 e. The number of carbonyl (C=O) groups excluding carboxylic acids is 1. The van der Waals surface area contributed by atoms with Crippen LogP contribution in [0, 0.1) is 20.8 Å². The Morgan fingerprint density at radius 2 is 1.88 bits per heavy atom. The number of methoxy groups -OCH3 is 1. The van der Waals surface area contributed by atoms with E-state index in [4.69, 9.17) is 28.6 Å². The average Bonchev–Trinajstić information content (AvgIpc) is 3.43. The molecule has 0 aliphatic carbocycles. The van der Waals surface area contributed by atoms with Gasteiger partial charge in [0.15, 0.2) is 5.11 Å². The quantitative estimate of drug-likeness (QED) is 0.236. The molecule has 1 amide bonds. The maximum atomic E-state index is 12.9. The van der Waals surface area contributed by atoms with Crippen molar-refractivity contribution < 1.29 is 9.53 Å². The number of rotatable bonds is 8. The molecule has 0 saturated carbocycles. The maximum absolute atomic E-state index is 12.9. The molecule has 1 fully saturated rings. The van der Waals surface area contributed by atoms with Gasteiger partial charge in [0.05, 0.1) is 30.6 Å². The highest BCUT2D eigenvalue weighted by atomic mass is 35.5. The number of hydrogen-bond donors (Lipinski definition) is 2. The third-order valence-corrected chi connectivity index (χ3v) is 7.87. The molecule has 3 heterocycles. The van der Waals surface area contributed by atoms with E-state index >= 15 is 0 Å². The molecular formula is C31H32ClN5O2S. The Kier molecular flexibility index (Phi) is 8.09. The van der Waals surface area contributed by atoms with Gasteiger partial charge in [0.25, 0.3) is 0 Å². The van der Waals surface area contributed by atoms with E-state index in [1.807, 2.05) is 67.6 Å². The van der Waals surface area contributed by atoms with E-state index in [9.17, 15) is 4.79 Å². The second-order valence-corrected chi connectivity index (χ2v) is 10.8. The Labute approximate surface area is 245 Å². The molecule has 1 saturated heterocycles. The molecule has 4 aromatic rings. The summed E-state index contributed by atoms with van der Waals surface area (Å²) in [5, 5.41) is 7.70. The molecule has 0 spiro atoms. The Bertz CT molecular complexity index is 1540. The molecule has 206 valence electrons. The summed E-state index contributed by atoms with van der Waals surface area (Å²) in [5.74, 6) is 0.657. The summed E-state index contributed by atoms with van der Waals surface area (Å²) in [6, 6.07) is 21.1. The highest BCUT2D eigenvalue weighted by Gasteiger charge is 2.41. The third kappa shape index (κ3) is 5.55. The van der Waals surface area contributed by atoms with Crippen molar-refractivity contribution in [3.63, 3.8) is 0 Å². The summed E-state index contributed by atoms with van der Waals surface area (Å²) >= 11 is 12.2. The first-order valence-electron chi connectivity index (χ1n) is 13.1. The van der Waals surface area contributed by atoms with E-state index in [0.717, 1.165) is 45.3 Å². The monoisotopic (exact) mass is 573 g/mol. The van der Waals surface area contributed by atoms with Gasteiger partial charge in [0.1, 0.15) is 5.75 Å². The Hall–Kier alpha value is -3.88. The number of aryl methyl sites for hydroxylation is 2. The lowest BCUT2D eigenvalue weighted by Gasteiger charge is -2.28. The summed E-state index contributed by atoms with van der Waals surface area (Å²) in [4.78, 5) is 19.7. The maximum Gasteiger partial charge on any atom is 0.226 e. The zero-order valence-electron chi connectivity index (χ0n) is 22.9. The Balaban J connectivity index is 1.49. The number of pyridine rings is 1. The van der Waals surface area contributed by atoms with Crippen LogP contribution in [0.4, 0.5) is 5.69 Å². The molecule has 2 aromatic carbocycles. The van der Waals surface area contributed by atoms with Crippen LogP contribution in [0.1, 0.15) is 46.7 Å². The molecule has 7 nitrogen and oxygen atoms in total. The average molecular weight is 574 g/mol.